The summed E-state index contributed by atoms with van der Waals surface area (Å²) in [5.41, 5.74) is 0.480. The molecule has 0 saturated carbocycles. The van der Waals surface area contributed by atoms with Gasteiger partial charge in [0.2, 0.25) is 0 Å². The molecule has 0 saturated heterocycles. The monoisotopic (exact) mass is 222 g/mol. The summed E-state index contributed by atoms with van der Waals surface area (Å²) in [5, 5.41) is 9.34. The zero-order chi connectivity index (χ0) is 10.2. The summed E-state index contributed by atoms with van der Waals surface area (Å²) in [4.78, 5) is 0. The van der Waals surface area contributed by atoms with E-state index in [1.54, 1.807) is 0 Å². The Balaban J connectivity index is 3.44. The maximum absolute atomic E-state index is 12.9. The first kappa shape index (κ1) is 10.6. The zero-order valence-corrected chi connectivity index (χ0v) is 8.75. The minimum atomic E-state index is -0.700. The van der Waals surface area contributed by atoms with E-state index in [1.165, 1.54) is 0 Å². The Morgan fingerprint density at radius 2 is 1.85 bits per heavy atom. The molecule has 0 atom stereocenters. The second-order valence-electron chi connectivity index (χ2n) is 3.07. The van der Waals surface area contributed by atoms with Crippen LogP contribution in [0.4, 0.5) is 4.39 Å². The van der Waals surface area contributed by atoms with Gasteiger partial charge in [0.25, 0.3) is 0 Å². The molecule has 0 bridgehead atoms. The highest BCUT2D eigenvalue weighted by Crippen LogP contribution is 2.38. The summed E-state index contributed by atoms with van der Waals surface area (Å²) in [5.74, 6) is -0.846. The van der Waals surface area contributed by atoms with Crippen molar-refractivity contribution in [3.8, 4) is 5.75 Å². The number of phenolic OH excluding ortho intramolecular Hbond substituents is 1. The molecule has 4 heteroatoms. The van der Waals surface area contributed by atoms with E-state index in [0.29, 0.717) is 5.56 Å². The van der Waals surface area contributed by atoms with Crippen LogP contribution in [-0.4, -0.2) is 5.11 Å². The summed E-state index contributed by atoms with van der Waals surface area (Å²) in [6.45, 7) is 3.68. The first-order chi connectivity index (χ1) is 5.95. The molecule has 0 heterocycles. The molecule has 0 amide bonds. The van der Waals surface area contributed by atoms with E-state index in [0.717, 1.165) is 6.07 Å². The molecule has 0 radical (unpaired) electrons. The quantitative estimate of drug-likeness (QED) is 0.714. The Morgan fingerprint density at radius 3 is 2.31 bits per heavy atom. The van der Waals surface area contributed by atoms with E-state index in [1.807, 2.05) is 13.8 Å². The van der Waals surface area contributed by atoms with Gasteiger partial charge in [-0.3, -0.25) is 0 Å². The number of aromatic hydroxyl groups is 1. The summed E-state index contributed by atoms with van der Waals surface area (Å²) in [6.07, 6.45) is 0. The van der Waals surface area contributed by atoms with Crippen molar-refractivity contribution in [3.63, 3.8) is 0 Å². The molecule has 1 N–H and O–H groups in total. The largest absolute Gasteiger partial charge is 0.507 e. The lowest BCUT2D eigenvalue weighted by atomic mass is 10.0. The lowest BCUT2D eigenvalue weighted by molar-refractivity contribution is 0.459. The molecule has 0 aliphatic carbocycles. The van der Waals surface area contributed by atoms with Gasteiger partial charge in [0.05, 0.1) is 10.0 Å². The van der Waals surface area contributed by atoms with Crippen LogP contribution < -0.4 is 0 Å². The van der Waals surface area contributed by atoms with Crippen LogP contribution in [-0.2, 0) is 0 Å². The van der Waals surface area contributed by atoms with Gasteiger partial charge in [-0.05, 0) is 5.92 Å². The van der Waals surface area contributed by atoms with Gasteiger partial charge >= 0.3 is 0 Å². The fourth-order valence-electron chi connectivity index (χ4n) is 1.15. The predicted octanol–water partition coefficient (Wildman–Crippen LogP) is 3.96. The van der Waals surface area contributed by atoms with Crippen LogP contribution >= 0.6 is 23.2 Å². The van der Waals surface area contributed by atoms with Crippen molar-refractivity contribution in [1.82, 2.24) is 0 Å². The fraction of sp³-hybridized carbons (Fsp3) is 0.333. The number of benzene rings is 1. The molecule has 1 nitrogen and oxygen atoms in total. The topological polar surface area (TPSA) is 20.2 Å². The molecule has 1 rings (SSSR count). The van der Waals surface area contributed by atoms with Gasteiger partial charge in [-0.15, -0.1) is 0 Å². The molecule has 1 aromatic carbocycles. The molecule has 0 fully saturated rings. The van der Waals surface area contributed by atoms with Crippen molar-refractivity contribution in [2.75, 3.05) is 0 Å². The van der Waals surface area contributed by atoms with Crippen molar-refractivity contribution in [1.29, 1.82) is 0 Å². The van der Waals surface area contributed by atoms with Crippen LogP contribution in [0, 0.1) is 5.82 Å². The molecule has 0 aromatic heterocycles. The Morgan fingerprint density at radius 1 is 1.31 bits per heavy atom. The van der Waals surface area contributed by atoms with Crippen LogP contribution in [0.15, 0.2) is 6.07 Å². The summed E-state index contributed by atoms with van der Waals surface area (Å²) >= 11 is 11.3. The summed E-state index contributed by atoms with van der Waals surface area (Å²) in [6, 6.07) is 0.976. The van der Waals surface area contributed by atoms with E-state index >= 15 is 0 Å². The number of hydrogen-bond acceptors (Lipinski definition) is 1. The van der Waals surface area contributed by atoms with Gasteiger partial charge in [0.1, 0.15) is 11.6 Å². The molecular weight excluding hydrogens is 214 g/mol. The highest BCUT2D eigenvalue weighted by molar-refractivity contribution is 6.42. The Hall–Kier alpha value is -0.470. The van der Waals surface area contributed by atoms with Crippen molar-refractivity contribution in [2.24, 2.45) is 0 Å². The number of rotatable bonds is 1. The minimum Gasteiger partial charge on any atom is -0.507 e. The molecule has 0 spiro atoms. The third-order valence-corrected chi connectivity index (χ3v) is 2.61. The van der Waals surface area contributed by atoms with Gasteiger partial charge in [-0.25, -0.2) is 4.39 Å². The third kappa shape index (κ3) is 1.89. The number of hydrogen-bond donors (Lipinski definition) is 1. The number of halogens is 3. The van der Waals surface area contributed by atoms with E-state index in [9.17, 15) is 9.50 Å². The second kappa shape index (κ2) is 3.72. The minimum absolute atomic E-state index is 0.00519. The van der Waals surface area contributed by atoms with Crippen LogP contribution in [0.3, 0.4) is 0 Å². The maximum Gasteiger partial charge on any atom is 0.147 e. The Bertz CT molecular complexity index is 337. The highest BCUT2D eigenvalue weighted by atomic mass is 35.5. The van der Waals surface area contributed by atoms with E-state index < -0.39 is 5.82 Å². The molecule has 1 aromatic rings. The molecule has 13 heavy (non-hydrogen) atoms. The number of phenols is 1. The van der Waals surface area contributed by atoms with E-state index in [4.69, 9.17) is 23.2 Å². The van der Waals surface area contributed by atoms with Crippen LogP contribution in [0.5, 0.6) is 5.75 Å². The molecule has 0 aliphatic heterocycles. The van der Waals surface area contributed by atoms with Gasteiger partial charge in [0, 0.05) is 11.6 Å². The first-order valence-corrected chi connectivity index (χ1v) is 4.57. The predicted molar refractivity (Wildman–Crippen MR) is 52.2 cm³/mol. The lowest BCUT2D eigenvalue weighted by Crippen LogP contribution is -1.92. The fourth-order valence-corrected chi connectivity index (χ4v) is 1.71. The molecule has 0 aliphatic rings. The first-order valence-electron chi connectivity index (χ1n) is 3.81. The van der Waals surface area contributed by atoms with Crippen LogP contribution in [0.25, 0.3) is 0 Å². The Labute approximate surface area is 86.1 Å². The lowest BCUT2D eigenvalue weighted by Gasteiger charge is -2.11. The molecular formula is C9H9Cl2FO. The van der Waals surface area contributed by atoms with Crippen molar-refractivity contribution in [3.05, 3.63) is 27.5 Å². The van der Waals surface area contributed by atoms with Crippen molar-refractivity contribution < 1.29 is 9.50 Å². The Kier molecular flexibility index (Phi) is 3.04. The van der Waals surface area contributed by atoms with E-state index in [-0.39, 0.29) is 21.7 Å². The second-order valence-corrected chi connectivity index (χ2v) is 3.83. The van der Waals surface area contributed by atoms with Crippen molar-refractivity contribution in [2.45, 2.75) is 19.8 Å². The van der Waals surface area contributed by atoms with Crippen molar-refractivity contribution >= 4 is 23.2 Å². The average Bonchev–Trinajstić information content (AvgIpc) is 1.99. The zero-order valence-electron chi connectivity index (χ0n) is 7.24. The summed E-state index contributed by atoms with van der Waals surface area (Å²) in [7, 11) is 0. The maximum atomic E-state index is 12.9. The summed E-state index contributed by atoms with van der Waals surface area (Å²) < 4.78 is 12.9. The normalized spacial score (nSPS) is 10.9. The van der Waals surface area contributed by atoms with E-state index in [2.05, 4.69) is 0 Å². The third-order valence-electron chi connectivity index (χ3n) is 1.76. The average molecular weight is 223 g/mol. The van der Waals surface area contributed by atoms with Gasteiger partial charge in [0.15, 0.2) is 0 Å². The van der Waals surface area contributed by atoms with Gasteiger partial charge in [-0.1, -0.05) is 37.0 Å². The van der Waals surface area contributed by atoms with Gasteiger partial charge < -0.3 is 5.11 Å². The molecule has 0 unspecified atom stereocenters. The van der Waals surface area contributed by atoms with Crippen LogP contribution in [0.1, 0.15) is 25.3 Å². The molecule has 72 valence electrons. The highest BCUT2D eigenvalue weighted by Gasteiger charge is 2.17. The smallest absolute Gasteiger partial charge is 0.147 e. The SMILES string of the molecule is CC(C)c1c(O)cc(F)c(Cl)c1Cl. The van der Waals surface area contributed by atoms with Gasteiger partial charge in [-0.2, -0.15) is 0 Å². The standard InChI is InChI=1S/C9H9Cl2FO/c1-4(2)7-6(13)3-5(12)8(10)9(7)11/h3-4,13H,1-2H3. The van der Waals surface area contributed by atoms with Crippen LogP contribution in [0.2, 0.25) is 10.0 Å².